The van der Waals surface area contributed by atoms with E-state index < -0.39 is 11.7 Å². The first-order chi connectivity index (χ1) is 15.7. The van der Waals surface area contributed by atoms with Crippen LogP contribution in [-0.2, 0) is 6.18 Å². The molecule has 3 aromatic rings. The van der Waals surface area contributed by atoms with Crippen LogP contribution in [0.5, 0.6) is 0 Å². The minimum atomic E-state index is -4.44. The Bertz CT molecular complexity index is 1190. The van der Waals surface area contributed by atoms with Gasteiger partial charge in [-0.2, -0.15) is 13.2 Å². The highest BCUT2D eigenvalue weighted by Gasteiger charge is 2.39. The number of nitrogens with zero attached hydrogens (tertiary/aromatic N) is 2. The third-order valence-corrected chi connectivity index (χ3v) is 8.32. The maximum Gasteiger partial charge on any atom is 0.416 e. The van der Waals surface area contributed by atoms with Gasteiger partial charge in [-0.05, 0) is 48.9 Å². The highest BCUT2D eigenvalue weighted by molar-refractivity contribution is 7.21. The van der Waals surface area contributed by atoms with Crippen molar-refractivity contribution < 1.29 is 22.8 Å². The van der Waals surface area contributed by atoms with Crippen molar-refractivity contribution in [2.75, 3.05) is 26.2 Å². The summed E-state index contributed by atoms with van der Waals surface area (Å²) in [6.07, 6.45) is -1.04. The predicted molar refractivity (Wildman–Crippen MR) is 121 cm³/mol. The molecule has 5 nitrogen and oxygen atoms in total. The second-order valence-electron chi connectivity index (χ2n) is 8.64. The number of rotatable bonds is 3. The van der Waals surface area contributed by atoms with Crippen molar-refractivity contribution in [3.63, 3.8) is 0 Å². The molecule has 2 aliphatic heterocycles. The lowest BCUT2D eigenvalue weighted by Gasteiger charge is -2.45. The van der Waals surface area contributed by atoms with Gasteiger partial charge in [0, 0.05) is 42.5 Å². The summed E-state index contributed by atoms with van der Waals surface area (Å²) in [5, 5.41) is 0.683. The summed E-state index contributed by atoms with van der Waals surface area (Å²) in [6.45, 7) is 2.59. The van der Waals surface area contributed by atoms with Crippen LogP contribution in [0.4, 0.5) is 13.2 Å². The third kappa shape index (κ3) is 4.12. The van der Waals surface area contributed by atoms with Gasteiger partial charge in [0.15, 0.2) is 0 Å². The van der Waals surface area contributed by atoms with Crippen molar-refractivity contribution in [2.24, 2.45) is 11.8 Å². The van der Waals surface area contributed by atoms with Crippen molar-refractivity contribution in [1.82, 2.24) is 14.8 Å². The number of alkyl halides is 3. The number of aromatic amines is 1. The Morgan fingerprint density at radius 2 is 1.76 bits per heavy atom. The van der Waals surface area contributed by atoms with E-state index in [-0.39, 0.29) is 21.7 Å². The van der Waals surface area contributed by atoms with E-state index in [0.717, 1.165) is 49.4 Å². The molecule has 2 saturated heterocycles. The standard InChI is InChI=1S/C23H21ClF3N3O2S/c24-19-16-4-3-15(23(25,26)27)10-18(16)33-20(19)22(32)29-8-5-13(6-9-29)14-11-30(12-14)21(31)17-2-1-7-28-17/h1-4,7,10,13-14,28H,5-6,8-9,11-12H2. The number of amides is 2. The number of piperidine rings is 1. The van der Waals surface area contributed by atoms with Gasteiger partial charge in [0.25, 0.3) is 11.8 Å². The minimum Gasteiger partial charge on any atom is -0.357 e. The van der Waals surface area contributed by atoms with E-state index in [9.17, 15) is 22.8 Å². The molecule has 5 rings (SSSR count). The second-order valence-corrected chi connectivity index (χ2v) is 10.1. The Balaban J connectivity index is 1.20. The summed E-state index contributed by atoms with van der Waals surface area (Å²) in [4.78, 5) is 32.2. The lowest BCUT2D eigenvalue weighted by Crippen LogP contribution is -2.54. The van der Waals surface area contributed by atoms with Gasteiger partial charge in [-0.25, -0.2) is 0 Å². The molecule has 2 aliphatic rings. The number of hydrogen-bond acceptors (Lipinski definition) is 3. The minimum absolute atomic E-state index is 0.0111. The number of aromatic nitrogens is 1. The molecule has 0 aliphatic carbocycles. The van der Waals surface area contributed by atoms with Crippen LogP contribution in [0.1, 0.15) is 38.6 Å². The van der Waals surface area contributed by atoms with Gasteiger partial charge in [0.1, 0.15) is 10.6 Å². The molecule has 10 heteroatoms. The highest BCUT2D eigenvalue weighted by Crippen LogP contribution is 2.40. The number of nitrogens with one attached hydrogen (secondary N) is 1. The maximum absolute atomic E-state index is 13.1. The zero-order valence-corrected chi connectivity index (χ0v) is 19.1. The lowest BCUT2D eigenvalue weighted by atomic mass is 9.79. The van der Waals surface area contributed by atoms with Gasteiger partial charge in [-0.3, -0.25) is 9.59 Å². The van der Waals surface area contributed by atoms with Gasteiger partial charge in [-0.15, -0.1) is 11.3 Å². The van der Waals surface area contributed by atoms with Crippen LogP contribution in [0.3, 0.4) is 0 Å². The van der Waals surface area contributed by atoms with E-state index in [2.05, 4.69) is 4.98 Å². The SMILES string of the molecule is O=C(c1ccc[nH]1)N1CC(C2CCN(C(=O)c3sc4cc(C(F)(F)F)ccc4c3Cl)CC2)C1. The highest BCUT2D eigenvalue weighted by atomic mass is 35.5. The number of H-pyrrole nitrogens is 1. The molecule has 0 bridgehead atoms. The predicted octanol–water partition coefficient (Wildman–Crippen LogP) is 5.53. The fourth-order valence-corrected chi connectivity index (χ4v) is 6.23. The van der Waals surface area contributed by atoms with Crippen molar-refractivity contribution in [3.05, 3.63) is 57.7 Å². The third-order valence-electron chi connectivity index (χ3n) is 6.67. The average molecular weight is 496 g/mol. The summed E-state index contributed by atoms with van der Waals surface area (Å²) in [7, 11) is 0. The van der Waals surface area contributed by atoms with Gasteiger partial charge in [0.2, 0.25) is 0 Å². The molecule has 1 N–H and O–H groups in total. The van der Waals surface area contributed by atoms with Gasteiger partial charge in [0.05, 0.1) is 10.6 Å². The van der Waals surface area contributed by atoms with E-state index in [1.54, 1.807) is 23.2 Å². The summed E-state index contributed by atoms with van der Waals surface area (Å²) >= 11 is 7.39. The molecule has 0 saturated carbocycles. The smallest absolute Gasteiger partial charge is 0.357 e. The zero-order valence-electron chi connectivity index (χ0n) is 17.5. The summed E-state index contributed by atoms with van der Waals surface area (Å²) in [5.74, 6) is 0.645. The quantitative estimate of drug-likeness (QED) is 0.519. The Morgan fingerprint density at radius 3 is 2.39 bits per heavy atom. The summed E-state index contributed by atoms with van der Waals surface area (Å²) < 4.78 is 39.4. The van der Waals surface area contributed by atoms with Crippen molar-refractivity contribution >= 4 is 44.8 Å². The van der Waals surface area contributed by atoms with Crippen LogP contribution in [0.2, 0.25) is 5.02 Å². The van der Waals surface area contributed by atoms with Crippen LogP contribution in [-0.4, -0.2) is 52.8 Å². The topological polar surface area (TPSA) is 56.4 Å². The van der Waals surface area contributed by atoms with Gasteiger partial charge >= 0.3 is 6.18 Å². The Kier molecular flexibility index (Phi) is 5.64. The van der Waals surface area contributed by atoms with Crippen LogP contribution in [0.15, 0.2) is 36.5 Å². The fourth-order valence-electron chi connectivity index (χ4n) is 4.71. The average Bonchev–Trinajstić information content (AvgIpc) is 3.40. The molecule has 0 atom stereocenters. The number of likely N-dealkylation sites (tertiary alicyclic amines) is 2. The largest absolute Gasteiger partial charge is 0.416 e. The monoisotopic (exact) mass is 495 g/mol. The first kappa shape index (κ1) is 22.3. The number of halogens is 4. The molecule has 174 valence electrons. The molecule has 2 amide bonds. The van der Waals surface area contributed by atoms with E-state index in [0.29, 0.717) is 40.7 Å². The number of thiophene rings is 1. The Morgan fingerprint density at radius 1 is 1.03 bits per heavy atom. The molecule has 0 spiro atoms. The maximum atomic E-state index is 13.1. The summed E-state index contributed by atoms with van der Waals surface area (Å²) in [6, 6.07) is 6.93. The van der Waals surface area contributed by atoms with Crippen LogP contribution in [0.25, 0.3) is 10.1 Å². The molecule has 33 heavy (non-hydrogen) atoms. The van der Waals surface area contributed by atoms with Crippen LogP contribution in [0, 0.1) is 11.8 Å². The van der Waals surface area contributed by atoms with Gasteiger partial charge in [-0.1, -0.05) is 17.7 Å². The van der Waals surface area contributed by atoms with Crippen molar-refractivity contribution in [2.45, 2.75) is 19.0 Å². The molecular weight excluding hydrogens is 475 g/mol. The number of carbonyl (C=O) groups is 2. The Hall–Kier alpha value is -2.52. The van der Waals surface area contributed by atoms with Crippen LogP contribution >= 0.6 is 22.9 Å². The first-order valence-corrected chi connectivity index (χ1v) is 11.9. The van der Waals surface area contributed by atoms with Crippen molar-refractivity contribution in [1.29, 1.82) is 0 Å². The molecule has 1 aromatic carbocycles. The second kappa shape index (κ2) is 8.36. The van der Waals surface area contributed by atoms with E-state index in [4.69, 9.17) is 11.6 Å². The normalized spacial score (nSPS) is 18.1. The number of hydrogen-bond donors (Lipinski definition) is 1. The molecule has 0 radical (unpaired) electrons. The van der Waals surface area contributed by atoms with E-state index >= 15 is 0 Å². The lowest BCUT2D eigenvalue weighted by molar-refractivity contribution is -0.137. The van der Waals surface area contributed by atoms with Crippen LogP contribution < -0.4 is 0 Å². The van der Waals surface area contributed by atoms with Crippen molar-refractivity contribution in [3.8, 4) is 0 Å². The Labute approximate surface area is 197 Å². The first-order valence-electron chi connectivity index (χ1n) is 10.7. The van der Waals surface area contributed by atoms with E-state index in [1.807, 2.05) is 4.90 Å². The number of benzene rings is 1. The molecule has 2 fully saturated rings. The molecule has 0 unspecified atom stereocenters. The van der Waals surface area contributed by atoms with E-state index in [1.165, 1.54) is 6.07 Å². The molecular formula is C23H21ClF3N3O2S. The number of carbonyl (C=O) groups excluding carboxylic acids is 2. The molecule has 2 aromatic heterocycles. The fraction of sp³-hybridized carbons (Fsp3) is 0.391. The van der Waals surface area contributed by atoms with Gasteiger partial charge < -0.3 is 14.8 Å². The molecule has 4 heterocycles. The number of fused-ring (bicyclic) bond motifs is 1. The zero-order chi connectivity index (χ0) is 23.3. The summed E-state index contributed by atoms with van der Waals surface area (Å²) in [5.41, 5.74) is -0.159.